The van der Waals surface area contributed by atoms with E-state index in [4.69, 9.17) is 9.47 Å². The van der Waals surface area contributed by atoms with Crippen LogP contribution in [0, 0.1) is 11.7 Å². The van der Waals surface area contributed by atoms with Crippen molar-refractivity contribution in [2.45, 2.75) is 19.4 Å². The number of rotatable bonds is 7. The van der Waals surface area contributed by atoms with Crippen LogP contribution in [-0.2, 0) is 6.54 Å². The Labute approximate surface area is 140 Å². The van der Waals surface area contributed by atoms with Gasteiger partial charge < -0.3 is 14.8 Å². The summed E-state index contributed by atoms with van der Waals surface area (Å²) in [6.45, 7) is 0.994. The number of amides is 1. The van der Waals surface area contributed by atoms with E-state index in [1.54, 1.807) is 36.4 Å². The van der Waals surface area contributed by atoms with Gasteiger partial charge in [0.15, 0.2) is 11.6 Å². The molecule has 1 fully saturated rings. The van der Waals surface area contributed by atoms with Gasteiger partial charge in [0.25, 0.3) is 5.91 Å². The number of hydrogen-bond donors (Lipinski definition) is 1. The van der Waals surface area contributed by atoms with E-state index >= 15 is 0 Å². The summed E-state index contributed by atoms with van der Waals surface area (Å²) in [6, 6.07) is 11.7. The van der Waals surface area contributed by atoms with Crippen LogP contribution in [0.2, 0.25) is 0 Å². The Kier molecular flexibility index (Phi) is 4.99. The lowest BCUT2D eigenvalue weighted by Gasteiger charge is -2.09. The molecule has 1 aliphatic rings. The molecule has 1 amide bonds. The molecule has 0 atom stereocenters. The zero-order valence-electron chi connectivity index (χ0n) is 13.5. The van der Waals surface area contributed by atoms with Crippen molar-refractivity contribution in [3.05, 3.63) is 59.4 Å². The topological polar surface area (TPSA) is 47.6 Å². The van der Waals surface area contributed by atoms with Crippen molar-refractivity contribution < 1.29 is 18.7 Å². The summed E-state index contributed by atoms with van der Waals surface area (Å²) in [6.07, 6.45) is 2.49. The summed E-state index contributed by atoms with van der Waals surface area (Å²) in [5.41, 5.74) is 1.22. The fourth-order valence-electron chi connectivity index (χ4n) is 2.31. The van der Waals surface area contributed by atoms with Gasteiger partial charge >= 0.3 is 0 Å². The lowest BCUT2D eigenvalue weighted by atomic mass is 10.1. The quantitative estimate of drug-likeness (QED) is 0.845. The minimum Gasteiger partial charge on any atom is -0.494 e. The van der Waals surface area contributed by atoms with Gasteiger partial charge in [0.05, 0.1) is 13.7 Å². The van der Waals surface area contributed by atoms with Crippen LogP contribution in [0.1, 0.15) is 28.8 Å². The van der Waals surface area contributed by atoms with Gasteiger partial charge in [-0.3, -0.25) is 4.79 Å². The van der Waals surface area contributed by atoms with Crippen molar-refractivity contribution >= 4 is 5.91 Å². The average Bonchev–Trinajstić information content (AvgIpc) is 3.43. The molecule has 0 heterocycles. The van der Waals surface area contributed by atoms with Crippen molar-refractivity contribution in [2.24, 2.45) is 5.92 Å². The molecular formula is C19H20FNO3. The molecule has 0 spiro atoms. The maximum Gasteiger partial charge on any atom is 0.251 e. The van der Waals surface area contributed by atoms with E-state index < -0.39 is 5.82 Å². The van der Waals surface area contributed by atoms with E-state index in [0.29, 0.717) is 17.0 Å². The summed E-state index contributed by atoms with van der Waals surface area (Å²) < 4.78 is 24.1. The first-order valence-corrected chi connectivity index (χ1v) is 7.99. The van der Waals surface area contributed by atoms with Crippen molar-refractivity contribution in [1.29, 1.82) is 0 Å². The van der Waals surface area contributed by atoms with Crippen molar-refractivity contribution in [3.8, 4) is 11.5 Å². The van der Waals surface area contributed by atoms with Gasteiger partial charge in [-0.25, -0.2) is 4.39 Å². The highest BCUT2D eigenvalue weighted by Gasteiger charge is 2.21. The predicted molar refractivity (Wildman–Crippen MR) is 88.8 cm³/mol. The molecule has 126 valence electrons. The SMILES string of the molecule is COc1ccc(CNC(=O)c2ccc(OCC3CC3)cc2)cc1F. The Morgan fingerprint density at radius 3 is 2.58 bits per heavy atom. The first-order valence-electron chi connectivity index (χ1n) is 7.99. The van der Waals surface area contributed by atoms with E-state index in [1.165, 1.54) is 26.0 Å². The molecule has 1 N–H and O–H groups in total. The molecule has 3 rings (SSSR count). The lowest BCUT2D eigenvalue weighted by Crippen LogP contribution is -2.22. The standard InChI is InChI=1S/C19H20FNO3/c1-23-18-9-4-14(10-17(18)20)11-21-19(22)15-5-7-16(8-6-15)24-12-13-2-3-13/h4-10,13H,2-3,11-12H2,1H3,(H,21,22). The Morgan fingerprint density at radius 1 is 1.21 bits per heavy atom. The summed E-state index contributed by atoms with van der Waals surface area (Å²) in [5, 5.41) is 2.77. The van der Waals surface area contributed by atoms with E-state index in [9.17, 15) is 9.18 Å². The molecule has 0 aliphatic heterocycles. The number of benzene rings is 2. The highest BCUT2D eigenvalue weighted by atomic mass is 19.1. The first-order chi connectivity index (χ1) is 11.7. The highest BCUT2D eigenvalue weighted by Crippen LogP contribution is 2.29. The van der Waals surface area contributed by atoms with Crippen molar-refractivity contribution in [2.75, 3.05) is 13.7 Å². The maximum absolute atomic E-state index is 13.6. The fraction of sp³-hybridized carbons (Fsp3) is 0.316. The molecule has 4 nitrogen and oxygen atoms in total. The van der Waals surface area contributed by atoms with Crippen LogP contribution in [0.3, 0.4) is 0 Å². The second kappa shape index (κ2) is 7.34. The number of carbonyl (C=O) groups excluding carboxylic acids is 1. The molecule has 1 aliphatic carbocycles. The third-order valence-electron chi connectivity index (χ3n) is 3.97. The molecule has 0 radical (unpaired) electrons. The third kappa shape index (κ3) is 4.25. The molecule has 0 unspecified atom stereocenters. The Hall–Kier alpha value is -2.56. The molecular weight excluding hydrogens is 309 g/mol. The van der Waals surface area contributed by atoms with Crippen molar-refractivity contribution in [3.63, 3.8) is 0 Å². The molecule has 0 saturated heterocycles. The minimum atomic E-state index is -0.443. The van der Waals surface area contributed by atoms with Gasteiger partial charge in [0.1, 0.15) is 5.75 Å². The van der Waals surface area contributed by atoms with Gasteiger partial charge in [-0.05, 0) is 60.7 Å². The summed E-state index contributed by atoms with van der Waals surface area (Å²) in [4.78, 5) is 12.1. The first kappa shape index (κ1) is 16.3. The number of hydrogen-bond acceptors (Lipinski definition) is 3. The molecule has 0 bridgehead atoms. The molecule has 2 aromatic carbocycles. The third-order valence-corrected chi connectivity index (χ3v) is 3.97. The molecule has 2 aromatic rings. The predicted octanol–water partition coefficient (Wildman–Crippen LogP) is 3.55. The van der Waals surface area contributed by atoms with Gasteiger partial charge in [-0.2, -0.15) is 0 Å². The van der Waals surface area contributed by atoms with Crippen LogP contribution >= 0.6 is 0 Å². The Bertz CT molecular complexity index is 711. The molecule has 0 aromatic heterocycles. The van der Waals surface area contributed by atoms with Gasteiger partial charge in [-0.1, -0.05) is 6.07 Å². The van der Waals surface area contributed by atoms with Crippen LogP contribution < -0.4 is 14.8 Å². The lowest BCUT2D eigenvalue weighted by molar-refractivity contribution is 0.0951. The van der Waals surface area contributed by atoms with Gasteiger partial charge in [-0.15, -0.1) is 0 Å². The number of ether oxygens (including phenoxy) is 2. The Balaban J connectivity index is 1.53. The van der Waals surface area contributed by atoms with E-state index in [1.807, 2.05) is 0 Å². The van der Waals surface area contributed by atoms with Crippen molar-refractivity contribution in [1.82, 2.24) is 5.32 Å². The highest BCUT2D eigenvalue weighted by molar-refractivity contribution is 5.94. The van der Waals surface area contributed by atoms with Crippen LogP contribution in [-0.4, -0.2) is 19.6 Å². The second-order valence-electron chi connectivity index (χ2n) is 5.93. The van der Waals surface area contributed by atoms with Crippen LogP contribution in [0.25, 0.3) is 0 Å². The van der Waals surface area contributed by atoms with Crippen LogP contribution in [0.4, 0.5) is 4.39 Å². The van der Waals surface area contributed by atoms with E-state index in [-0.39, 0.29) is 18.2 Å². The normalized spacial score (nSPS) is 13.4. The van der Waals surface area contributed by atoms with Gasteiger partial charge in [0.2, 0.25) is 0 Å². The van der Waals surface area contributed by atoms with E-state index in [0.717, 1.165) is 12.4 Å². The largest absolute Gasteiger partial charge is 0.494 e. The summed E-state index contributed by atoms with van der Waals surface area (Å²) >= 11 is 0. The van der Waals surface area contributed by atoms with Crippen LogP contribution in [0.5, 0.6) is 11.5 Å². The maximum atomic E-state index is 13.6. The second-order valence-corrected chi connectivity index (χ2v) is 5.93. The smallest absolute Gasteiger partial charge is 0.251 e. The molecule has 5 heteroatoms. The van der Waals surface area contributed by atoms with E-state index in [2.05, 4.69) is 5.32 Å². The van der Waals surface area contributed by atoms with Gasteiger partial charge in [0, 0.05) is 12.1 Å². The Morgan fingerprint density at radius 2 is 1.96 bits per heavy atom. The number of methoxy groups -OCH3 is 1. The fourth-order valence-corrected chi connectivity index (χ4v) is 2.31. The average molecular weight is 329 g/mol. The monoisotopic (exact) mass is 329 g/mol. The zero-order valence-corrected chi connectivity index (χ0v) is 13.5. The van der Waals surface area contributed by atoms with Crippen LogP contribution in [0.15, 0.2) is 42.5 Å². The molecule has 1 saturated carbocycles. The minimum absolute atomic E-state index is 0.187. The summed E-state index contributed by atoms with van der Waals surface area (Å²) in [7, 11) is 1.41. The zero-order chi connectivity index (χ0) is 16.9. The number of halogens is 1. The number of carbonyl (C=O) groups is 1. The number of nitrogens with one attached hydrogen (secondary N) is 1. The molecule has 24 heavy (non-hydrogen) atoms. The summed E-state index contributed by atoms with van der Waals surface area (Å²) in [5.74, 6) is 1.00.